The van der Waals surface area contributed by atoms with Crippen LogP contribution in [-0.2, 0) is 10.2 Å². The lowest BCUT2D eigenvalue weighted by Crippen LogP contribution is -2.56. The molecule has 5 nitrogen and oxygen atoms in total. The number of carbonyl (C=O) groups excluding carboxylic acids is 1. The molecular formula is C25H32N4O. The lowest BCUT2D eigenvalue weighted by molar-refractivity contribution is -0.119. The number of nitrogens with one attached hydrogen (secondary N) is 1. The van der Waals surface area contributed by atoms with E-state index in [1.165, 1.54) is 17.7 Å². The van der Waals surface area contributed by atoms with Crippen LogP contribution in [0.1, 0.15) is 65.9 Å². The molecule has 0 aromatic heterocycles. The Hall–Kier alpha value is -2.43. The van der Waals surface area contributed by atoms with E-state index in [0.717, 1.165) is 36.2 Å². The largest absolute Gasteiger partial charge is 0.366 e. The molecule has 30 heavy (non-hydrogen) atoms. The molecule has 4 aliphatic rings. The fourth-order valence-electron chi connectivity index (χ4n) is 5.98. The maximum absolute atomic E-state index is 13.6. The van der Waals surface area contributed by atoms with Gasteiger partial charge in [-0.25, -0.2) is 0 Å². The molecule has 0 amide bonds. The molecule has 2 atom stereocenters. The Balaban J connectivity index is 1.70. The molecule has 1 fully saturated rings. The third kappa shape index (κ3) is 2.63. The molecule has 3 heterocycles. The minimum Gasteiger partial charge on any atom is -0.366 e. The topological polar surface area (TPSA) is 57.1 Å². The summed E-state index contributed by atoms with van der Waals surface area (Å²) in [6, 6.07) is 8.85. The van der Waals surface area contributed by atoms with Crippen molar-refractivity contribution >= 4 is 11.5 Å². The van der Waals surface area contributed by atoms with E-state index < -0.39 is 5.41 Å². The van der Waals surface area contributed by atoms with Gasteiger partial charge >= 0.3 is 0 Å². The van der Waals surface area contributed by atoms with Gasteiger partial charge in [-0.05, 0) is 56.2 Å². The Bertz CT molecular complexity index is 1020. The smallest absolute Gasteiger partial charge is 0.164 e. The highest BCUT2D eigenvalue weighted by atomic mass is 16.1. The third-order valence-electron chi connectivity index (χ3n) is 7.64. The van der Waals surface area contributed by atoms with Crippen LogP contribution < -0.4 is 10.2 Å². The number of hydrogen-bond donors (Lipinski definition) is 1. The summed E-state index contributed by atoms with van der Waals surface area (Å²) in [6.45, 7) is 12.2. The fourth-order valence-corrected chi connectivity index (χ4v) is 5.98. The van der Waals surface area contributed by atoms with E-state index in [4.69, 9.17) is 0 Å². The number of rotatable bonds is 3. The van der Waals surface area contributed by atoms with Crippen LogP contribution in [0, 0.1) is 5.41 Å². The van der Waals surface area contributed by atoms with Crippen LogP contribution in [0.3, 0.4) is 0 Å². The summed E-state index contributed by atoms with van der Waals surface area (Å²) in [4.78, 5) is 16.0. The molecule has 0 saturated carbocycles. The number of azo groups is 1. The van der Waals surface area contributed by atoms with Crippen LogP contribution in [0.25, 0.3) is 0 Å². The van der Waals surface area contributed by atoms with Gasteiger partial charge in [0.1, 0.15) is 0 Å². The molecule has 1 saturated heterocycles. The SMILES string of the molecule is CC[C@]1(c2cccc(N3CCC3(C)C)c2)C2=CN=NC2NC2=C1C(=O)CC(C)(C)C2. The predicted octanol–water partition coefficient (Wildman–Crippen LogP) is 5.25. The Morgan fingerprint density at radius 1 is 1.20 bits per heavy atom. The Morgan fingerprint density at radius 2 is 2.00 bits per heavy atom. The van der Waals surface area contributed by atoms with Crippen molar-refractivity contribution in [1.29, 1.82) is 0 Å². The van der Waals surface area contributed by atoms with Crippen LogP contribution in [0.5, 0.6) is 0 Å². The van der Waals surface area contributed by atoms with Crippen molar-refractivity contribution < 1.29 is 4.79 Å². The van der Waals surface area contributed by atoms with E-state index in [-0.39, 0.29) is 22.9 Å². The van der Waals surface area contributed by atoms with Crippen molar-refractivity contribution in [1.82, 2.24) is 5.32 Å². The molecule has 1 aromatic rings. The second kappa shape index (κ2) is 6.29. The molecule has 5 rings (SSSR count). The number of benzene rings is 1. The van der Waals surface area contributed by atoms with E-state index in [9.17, 15) is 4.79 Å². The lowest BCUT2D eigenvalue weighted by Gasteiger charge is -2.51. The number of Topliss-reactive ketones (excluding diaryl/α,β-unsaturated/α-hetero) is 1. The van der Waals surface area contributed by atoms with Crippen molar-refractivity contribution in [3.05, 3.63) is 52.9 Å². The molecule has 1 aromatic carbocycles. The molecule has 1 unspecified atom stereocenters. The first-order valence-electron chi connectivity index (χ1n) is 11.2. The summed E-state index contributed by atoms with van der Waals surface area (Å²) < 4.78 is 0. The fraction of sp³-hybridized carbons (Fsp3) is 0.560. The Labute approximate surface area is 179 Å². The zero-order valence-electron chi connectivity index (χ0n) is 18.7. The summed E-state index contributed by atoms with van der Waals surface area (Å²) in [5.74, 6) is 0.261. The van der Waals surface area contributed by atoms with E-state index in [2.05, 4.69) is 79.3 Å². The van der Waals surface area contributed by atoms with Crippen LogP contribution in [0.2, 0.25) is 0 Å². The van der Waals surface area contributed by atoms with Crippen molar-refractivity contribution in [3.8, 4) is 0 Å². The molecule has 158 valence electrons. The second-order valence-electron chi connectivity index (χ2n) is 10.7. The predicted molar refractivity (Wildman–Crippen MR) is 119 cm³/mol. The zero-order valence-corrected chi connectivity index (χ0v) is 18.7. The average Bonchev–Trinajstić information content (AvgIpc) is 3.13. The highest BCUT2D eigenvalue weighted by Gasteiger charge is 2.53. The Kier molecular flexibility index (Phi) is 4.09. The highest BCUT2D eigenvalue weighted by Crippen LogP contribution is 2.54. The van der Waals surface area contributed by atoms with E-state index in [0.29, 0.717) is 6.42 Å². The monoisotopic (exact) mass is 404 g/mol. The Morgan fingerprint density at radius 3 is 2.67 bits per heavy atom. The number of ketones is 1. The number of carbonyl (C=O) groups is 1. The second-order valence-corrected chi connectivity index (χ2v) is 10.7. The summed E-state index contributed by atoms with van der Waals surface area (Å²) in [7, 11) is 0. The molecule has 0 bridgehead atoms. The highest BCUT2D eigenvalue weighted by molar-refractivity contribution is 6.01. The summed E-state index contributed by atoms with van der Waals surface area (Å²) in [5.41, 5.74) is 5.23. The van der Waals surface area contributed by atoms with Gasteiger partial charge in [0.2, 0.25) is 0 Å². The molecule has 0 radical (unpaired) electrons. The van der Waals surface area contributed by atoms with E-state index in [1.807, 2.05) is 6.20 Å². The normalized spacial score (nSPS) is 31.0. The van der Waals surface area contributed by atoms with Gasteiger partial charge in [0.25, 0.3) is 0 Å². The molecular weight excluding hydrogens is 372 g/mol. The van der Waals surface area contributed by atoms with Gasteiger partial charge in [-0.15, -0.1) is 0 Å². The lowest BCUT2D eigenvalue weighted by atomic mass is 9.59. The van der Waals surface area contributed by atoms with Crippen LogP contribution in [-0.4, -0.2) is 24.0 Å². The van der Waals surface area contributed by atoms with Gasteiger partial charge in [0.05, 0.1) is 11.6 Å². The minimum absolute atomic E-state index is 0.0388. The molecule has 1 N–H and O–H groups in total. The quantitative estimate of drug-likeness (QED) is 0.749. The van der Waals surface area contributed by atoms with Crippen LogP contribution in [0.4, 0.5) is 5.69 Å². The molecule has 0 spiro atoms. The summed E-state index contributed by atoms with van der Waals surface area (Å²) >= 11 is 0. The zero-order chi connectivity index (χ0) is 21.3. The maximum atomic E-state index is 13.6. The molecule has 1 aliphatic carbocycles. The van der Waals surface area contributed by atoms with Crippen molar-refractivity contribution in [3.63, 3.8) is 0 Å². The van der Waals surface area contributed by atoms with Gasteiger partial charge in [-0.1, -0.05) is 32.9 Å². The van der Waals surface area contributed by atoms with Gasteiger partial charge < -0.3 is 10.2 Å². The van der Waals surface area contributed by atoms with Crippen LogP contribution >= 0.6 is 0 Å². The standard InChI is InChI=1S/C25H32N4O/c1-6-25(16-8-7-9-17(12-16)29-11-10-24(29,4)5)18-15-26-28-22(18)27-19-13-23(2,3)14-20(30)21(19)25/h7-9,12,15,22,27H,6,10-11,13-14H2,1-5H3/t22?,25-/m0/s1. The number of fused-ring (bicyclic) bond motifs is 1. The summed E-state index contributed by atoms with van der Waals surface area (Å²) in [5, 5.41) is 12.3. The number of allylic oxidation sites excluding steroid dienone is 2. The van der Waals surface area contributed by atoms with Crippen molar-refractivity contribution in [2.24, 2.45) is 15.6 Å². The van der Waals surface area contributed by atoms with E-state index >= 15 is 0 Å². The molecule has 3 aliphatic heterocycles. The van der Waals surface area contributed by atoms with Crippen LogP contribution in [0.15, 0.2) is 57.5 Å². The van der Waals surface area contributed by atoms with Crippen molar-refractivity contribution in [2.45, 2.75) is 77.4 Å². The van der Waals surface area contributed by atoms with Crippen molar-refractivity contribution in [2.75, 3.05) is 11.4 Å². The first-order chi connectivity index (χ1) is 14.2. The van der Waals surface area contributed by atoms with Gasteiger partial charge in [0, 0.05) is 41.0 Å². The number of anilines is 1. The van der Waals surface area contributed by atoms with E-state index in [1.54, 1.807) is 0 Å². The van der Waals surface area contributed by atoms with Gasteiger partial charge in [-0.2, -0.15) is 10.2 Å². The number of hydrogen-bond acceptors (Lipinski definition) is 5. The van der Waals surface area contributed by atoms with Gasteiger partial charge in [-0.3, -0.25) is 4.79 Å². The van der Waals surface area contributed by atoms with Gasteiger partial charge in [0.15, 0.2) is 11.9 Å². The first-order valence-corrected chi connectivity index (χ1v) is 11.2. The third-order valence-corrected chi connectivity index (χ3v) is 7.64. The average molecular weight is 405 g/mol. The maximum Gasteiger partial charge on any atom is 0.164 e. The first kappa shape index (κ1) is 19.5. The molecule has 5 heteroatoms. The summed E-state index contributed by atoms with van der Waals surface area (Å²) in [6.07, 6.45) is 5.19. The minimum atomic E-state index is -0.465. The number of nitrogens with zero attached hydrogens (tertiary/aromatic N) is 3.